The predicted molar refractivity (Wildman–Crippen MR) is 75.6 cm³/mol. The quantitative estimate of drug-likeness (QED) is 0.869. The first kappa shape index (κ1) is 12.9. The van der Waals surface area contributed by atoms with Crippen molar-refractivity contribution in [1.29, 1.82) is 0 Å². The summed E-state index contributed by atoms with van der Waals surface area (Å²) in [5.74, 6) is 1.32. The highest BCUT2D eigenvalue weighted by atomic mass is 32.2. The summed E-state index contributed by atoms with van der Waals surface area (Å²) < 4.78 is 0. The molecule has 94 valence electrons. The third kappa shape index (κ3) is 3.46. The molecule has 0 aliphatic carbocycles. The fourth-order valence-corrected chi connectivity index (χ4v) is 3.78. The summed E-state index contributed by atoms with van der Waals surface area (Å²) in [6.45, 7) is 2.17. The van der Waals surface area contributed by atoms with Crippen LogP contribution < -0.4 is 5.32 Å². The molecule has 1 aromatic rings. The summed E-state index contributed by atoms with van der Waals surface area (Å²) in [5.41, 5.74) is 2.54. The first-order valence-electron chi connectivity index (χ1n) is 6.56. The molecule has 3 heteroatoms. The standard InChI is InChI=1S/C14H22N2S/c1-3-11-6-7-12(16-10-11)9-13(15-2)14-5-4-8-17-14/h6-7,10,13-15H,3-5,8-9H2,1-2H3. The van der Waals surface area contributed by atoms with Crippen LogP contribution in [0.3, 0.4) is 0 Å². The second-order valence-electron chi connectivity index (χ2n) is 4.66. The van der Waals surface area contributed by atoms with Gasteiger partial charge in [-0.25, -0.2) is 0 Å². The van der Waals surface area contributed by atoms with E-state index in [0.29, 0.717) is 6.04 Å². The number of aromatic nitrogens is 1. The summed E-state index contributed by atoms with van der Waals surface area (Å²) in [7, 11) is 2.07. The minimum atomic E-state index is 0.572. The second kappa shape index (κ2) is 6.41. The van der Waals surface area contributed by atoms with Crippen LogP contribution in [0, 0.1) is 0 Å². The molecule has 2 unspecified atom stereocenters. The Labute approximate surface area is 109 Å². The third-order valence-corrected chi connectivity index (χ3v) is 5.02. The van der Waals surface area contributed by atoms with E-state index in [-0.39, 0.29) is 0 Å². The molecule has 0 saturated carbocycles. The van der Waals surface area contributed by atoms with E-state index in [4.69, 9.17) is 0 Å². The lowest BCUT2D eigenvalue weighted by Gasteiger charge is -2.21. The number of hydrogen-bond acceptors (Lipinski definition) is 3. The van der Waals surface area contributed by atoms with Gasteiger partial charge in [0.2, 0.25) is 0 Å². The van der Waals surface area contributed by atoms with Crippen LogP contribution in [0.1, 0.15) is 31.0 Å². The molecule has 1 aliphatic heterocycles. The van der Waals surface area contributed by atoms with E-state index in [2.05, 4.69) is 48.2 Å². The van der Waals surface area contributed by atoms with Crippen LogP contribution in [0.4, 0.5) is 0 Å². The van der Waals surface area contributed by atoms with E-state index in [0.717, 1.165) is 18.1 Å². The number of nitrogens with one attached hydrogen (secondary N) is 1. The van der Waals surface area contributed by atoms with Crippen molar-refractivity contribution in [3.8, 4) is 0 Å². The van der Waals surface area contributed by atoms with E-state index in [1.807, 2.05) is 6.20 Å². The Balaban J connectivity index is 1.96. The molecule has 2 nitrogen and oxygen atoms in total. The molecule has 0 amide bonds. The van der Waals surface area contributed by atoms with Crippen LogP contribution in [0.5, 0.6) is 0 Å². The zero-order valence-electron chi connectivity index (χ0n) is 10.8. The van der Waals surface area contributed by atoms with Gasteiger partial charge in [-0.05, 0) is 43.7 Å². The fraction of sp³-hybridized carbons (Fsp3) is 0.643. The predicted octanol–water partition coefficient (Wildman–Crippen LogP) is 2.67. The number of nitrogens with zero attached hydrogens (tertiary/aromatic N) is 1. The van der Waals surface area contributed by atoms with Gasteiger partial charge in [0.15, 0.2) is 0 Å². The van der Waals surface area contributed by atoms with E-state index in [9.17, 15) is 0 Å². The van der Waals surface area contributed by atoms with Crippen LogP contribution in [-0.4, -0.2) is 29.1 Å². The van der Waals surface area contributed by atoms with Gasteiger partial charge >= 0.3 is 0 Å². The van der Waals surface area contributed by atoms with Crippen molar-refractivity contribution in [1.82, 2.24) is 10.3 Å². The summed E-state index contributed by atoms with van der Waals surface area (Å²) in [6.07, 6.45) is 6.86. The molecule has 0 aromatic carbocycles. The van der Waals surface area contributed by atoms with Crippen molar-refractivity contribution in [2.75, 3.05) is 12.8 Å². The maximum Gasteiger partial charge on any atom is 0.0419 e. The zero-order chi connectivity index (χ0) is 12.1. The van der Waals surface area contributed by atoms with Crippen molar-refractivity contribution in [3.05, 3.63) is 29.6 Å². The third-order valence-electron chi connectivity index (χ3n) is 3.51. The van der Waals surface area contributed by atoms with Crippen LogP contribution in [-0.2, 0) is 12.8 Å². The highest BCUT2D eigenvalue weighted by Crippen LogP contribution is 2.29. The van der Waals surface area contributed by atoms with Gasteiger partial charge < -0.3 is 5.32 Å². The Morgan fingerprint density at radius 2 is 2.41 bits per heavy atom. The maximum absolute atomic E-state index is 4.56. The smallest absolute Gasteiger partial charge is 0.0419 e. The van der Waals surface area contributed by atoms with Crippen molar-refractivity contribution < 1.29 is 0 Å². The molecule has 1 saturated heterocycles. The summed E-state index contributed by atoms with van der Waals surface area (Å²) in [4.78, 5) is 4.56. The average molecular weight is 250 g/mol. The molecule has 2 atom stereocenters. The molecule has 2 heterocycles. The largest absolute Gasteiger partial charge is 0.316 e. The van der Waals surface area contributed by atoms with Gasteiger partial charge in [-0.15, -0.1) is 0 Å². The van der Waals surface area contributed by atoms with E-state index in [1.165, 1.54) is 29.9 Å². The molecule has 1 aliphatic rings. The lowest BCUT2D eigenvalue weighted by atomic mass is 10.0. The van der Waals surface area contributed by atoms with Crippen molar-refractivity contribution in [2.24, 2.45) is 0 Å². The average Bonchev–Trinajstić information content (AvgIpc) is 2.90. The SMILES string of the molecule is CCc1ccc(CC(NC)C2CCCS2)nc1. The Bertz CT molecular complexity index is 331. The van der Waals surface area contributed by atoms with Gasteiger partial charge in [-0.2, -0.15) is 11.8 Å². The molecule has 0 spiro atoms. The van der Waals surface area contributed by atoms with Crippen LogP contribution >= 0.6 is 11.8 Å². The molecular weight excluding hydrogens is 228 g/mol. The molecular formula is C14H22N2S. The lowest BCUT2D eigenvalue weighted by Crippen LogP contribution is -2.36. The fourth-order valence-electron chi connectivity index (χ4n) is 2.35. The number of likely N-dealkylation sites (N-methyl/N-ethyl adjacent to an activating group) is 1. The van der Waals surface area contributed by atoms with Gasteiger partial charge in [0, 0.05) is 29.6 Å². The number of thioether (sulfide) groups is 1. The van der Waals surface area contributed by atoms with E-state index < -0.39 is 0 Å². The molecule has 0 radical (unpaired) electrons. The molecule has 1 aromatic heterocycles. The van der Waals surface area contributed by atoms with Gasteiger partial charge in [-0.1, -0.05) is 13.0 Å². The summed E-state index contributed by atoms with van der Waals surface area (Å²) in [6, 6.07) is 4.96. The minimum absolute atomic E-state index is 0.572. The first-order chi connectivity index (χ1) is 8.33. The Kier molecular flexibility index (Phi) is 4.86. The molecule has 2 rings (SSSR count). The van der Waals surface area contributed by atoms with Gasteiger partial charge in [0.05, 0.1) is 0 Å². The Morgan fingerprint density at radius 3 is 2.94 bits per heavy atom. The van der Waals surface area contributed by atoms with Crippen LogP contribution in [0.2, 0.25) is 0 Å². The zero-order valence-corrected chi connectivity index (χ0v) is 11.6. The second-order valence-corrected chi connectivity index (χ2v) is 6.01. The van der Waals surface area contributed by atoms with Crippen molar-refractivity contribution in [2.45, 2.75) is 43.9 Å². The van der Waals surface area contributed by atoms with Crippen LogP contribution in [0.15, 0.2) is 18.3 Å². The maximum atomic E-state index is 4.56. The van der Waals surface area contributed by atoms with Crippen molar-refractivity contribution >= 4 is 11.8 Å². The monoisotopic (exact) mass is 250 g/mol. The first-order valence-corrected chi connectivity index (χ1v) is 7.61. The van der Waals surface area contributed by atoms with Crippen LogP contribution in [0.25, 0.3) is 0 Å². The molecule has 17 heavy (non-hydrogen) atoms. The number of rotatable bonds is 5. The van der Waals surface area contributed by atoms with E-state index >= 15 is 0 Å². The number of pyridine rings is 1. The lowest BCUT2D eigenvalue weighted by molar-refractivity contribution is 0.519. The van der Waals surface area contributed by atoms with Crippen molar-refractivity contribution in [3.63, 3.8) is 0 Å². The summed E-state index contributed by atoms with van der Waals surface area (Å²) >= 11 is 2.11. The highest BCUT2D eigenvalue weighted by molar-refractivity contribution is 8.00. The Morgan fingerprint density at radius 1 is 1.53 bits per heavy atom. The molecule has 1 fully saturated rings. The topological polar surface area (TPSA) is 24.9 Å². The van der Waals surface area contributed by atoms with Gasteiger partial charge in [0.1, 0.15) is 0 Å². The molecule has 1 N–H and O–H groups in total. The number of hydrogen-bond donors (Lipinski definition) is 1. The minimum Gasteiger partial charge on any atom is -0.316 e. The van der Waals surface area contributed by atoms with Gasteiger partial charge in [0.25, 0.3) is 0 Å². The normalized spacial score (nSPS) is 21.6. The summed E-state index contributed by atoms with van der Waals surface area (Å²) in [5, 5.41) is 4.23. The Hall–Kier alpha value is -0.540. The van der Waals surface area contributed by atoms with Gasteiger partial charge in [-0.3, -0.25) is 4.98 Å². The van der Waals surface area contributed by atoms with E-state index in [1.54, 1.807) is 0 Å². The molecule has 0 bridgehead atoms. The number of aryl methyl sites for hydroxylation is 1. The highest BCUT2D eigenvalue weighted by Gasteiger charge is 2.24.